The molecular weight excluding hydrogens is 258 g/mol. The fourth-order valence-electron chi connectivity index (χ4n) is 1.17. The molecule has 1 N–H and O–H groups in total. The van der Waals surface area contributed by atoms with Gasteiger partial charge in [0.05, 0.1) is 0 Å². The van der Waals surface area contributed by atoms with Crippen LogP contribution in [0.5, 0.6) is 0 Å². The van der Waals surface area contributed by atoms with Gasteiger partial charge in [-0.25, -0.2) is 4.79 Å². The fraction of sp³-hybridized carbons (Fsp3) is 0.727. The lowest BCUT2D eigenvalue weighted by atomic mass is 10.4. The zero-order valence-corrected chi connectivity index (χ0v) is 11.8. The molecule has 7 heteroatoms. The Kier molecular flexibility index (Phi) is 8.11. The maximum absolute atomic E-state index is 11.8. The molecule has 0 saturated carbocycles. The minimum atomic E-state index is -0.554. The van der Waals surface area contributed by atoms with E-state index in [1.54, 1.807) is 14.1 Å². The van der Waals surface area contributed by atoms with Crippen molar-refractivity contribution in [2.75, 3.05) is 33.1 Å². The normalized spacial score (nSPS) is 9.78. The van der Waals surface area contributed by atoms with Crippen LogP contribution in [0.1, 0.15) is 19.8 Å². The third kappa shape index (κ3) is 6.44. The molecular formula is C11H20ClN3O3. The van der Waals surface area contributed by atoms with Crippen LogP contribution in [-0.4, -0.2) is 60.7 Å². The van der Waals surface area contributed by atoms with E-state index in [1.165, 1.54) is 9.80 Å². The molecule has 0 heterocycles. The number of carbonyl (C=O) groups excluding carboxylic acids is 3. The number of halogens is 1. The van der Waals surface area contributed by atoms with Crippen molar-refractivity contribution in [3.8, 4) is 0 Å². The van der Waals surface area contributed by atoms with E-state index in [0.717, 1.165) is 0 Å². The van der Waals surface area contributed by atoms with Gasteiger partial charge in [-0.05, 0) is 6.42 Å². The summed E-state index contributed by atoms with van der Waals surface area (Å²) < 4.78 is 0. The average molecular weight is 278 g/mol. The number of hydrogen-bond acceptors (Lipinski definition) is 3. The van der Waals surface area contributed by atoms with E-state index in [1.807, 2.05) is 6.92 Å². The smallest absolute Gasteiger partial charge is 0.324 e. The first-order valence-corrected chi connectivity index (χ1v) is 6.30. The number of nitrogens with one attached hydrogen (secondary N) is 1. The van der Waals surface area contributed by atoms with Crippen LogP contribution in [-0.2, 0) is 9.59 Å². The molecule has 0 spiro atoms. The molecule has 0 atom stereocenters. The number of urea groups is 1. The van der Waals surface area contributed by atoms with Crippen LogP contribution >= 0.6 is 11.6 Å². The Morgan fingerprint density at radius 1 is 1.22 bits per heavy atom. The summed E-state index contributed by atoms with van der Waals surface area (Å²) in [5.41, 5.74) is 0. The molecule has 0 fully saturated rings. The van der Waals surface area contributed by atoms with Gasteiger partial charge in [-0.1, -0.05) is 6.92 Å². The second kappa shape index (κ2) is 8.74. The van der Waals surface area contributed by atoms with E-state index in [0.29, 0.717) is 13.0 Å². The highest BCUT2D eigenvalue weighted by Crippen LogP contribution is 1.96. The van der Waals surface area contributed by atoms with Gasteiger partial charge in [-0.2, -0.15) is 0 Å². The van der Waals surface area contributed by atoms with Crippen LogP contribution in [0.3, 0.4) is 0 Å². The van der Waals surface area contributed by atoms with Crippen molar-refractivity contribution in [2.24, 2.45) is 0 Å². The Morgan fingerprint density at radius 2 is 1.83 bits per heavy atom. The summed E-state index contributed by atoms with van der Waals surface area (Å²) in [6.07, 6.45) is 0.784. The quantitative estimate of drug-likeness (QED) is 0.725. The van der Waals surface area contributed by atoms with Crippen molar-refractivity contribution in [2.45, 2.75) is 19.8 Å². The molecule has 0 aliphatic carbocycles. The summed E-state index contributed by atoms with van der Waals surface area (Å²) in [4.78, 5) is 37.3. The first-order chi connectivity index (χ1) is 8.42. The molecule has 104 valence electrons. The monoisotopic (exact) mass is 277 g/mol. The lowest BCUT2D eigenvalue weighted by molar-refractivity contribution is -0.129. The van der Waals surface area contributed by atoms with Crippen molar-refractivity contribution in [3.63, 3.8) is 0 Å². The lowest BCUT2D eigenvalue weighted by Gasteiger charge is -2.23. The van der Waals surface area contributed by atoms with Gasteiger partial charge in [-0.15, -0.1) is 11.6 Å². The van der Waals surface area contributed by atoms with Crippen LogP contribution in [0.4, 0.5) is 4.79 Å². The third-order valence-electron chi connectivity index (χ3n) is 2.17. The van der Waals surface area contributed by atoms with E-state index < -0.39 is 11.9 Å². The Labute approximate surface area is 112 Å². The zero-order chi connectivity index (χ0) is 14.1. The summed E-state index contributed by atoms with van der Waals surface area (Å²) in [5.74, 6) is -0.472. The van der Waals surface area contributed by atoms with Gasteiger partial charge in [-0.3, -0.25) is 14.9 Å². The van der Waals surface area contributed by atoms with Crippen molar-refractivity contribution < 1.29 is 14.4 Å². The highest BCUT2D eigenvalue weighted by Gasteiger charge is 2.18. The number of amides is 4. The molecule has 0 aromatic heterocycles. The number of likely N-dealkylation sites (N-methyl/N-ethyl adjacent to an activating group) is 1. The molecule has 0 aliphatic heterocycles. The Balaban J connectivity index is 4.44. The molecule has 0 bridgehead atoms. The first kappa shape index (κ1) is 16.7. The summed E-state index contributed by atoms with van der Waals surface area (Å²) in [6.45, 7) is 2.27. The van der Waals surface area contributed by atoms with Gasteiger partial charge in [0.25, 0.3) is 0 Å². The number of rotatable bonds is 6. The molecule has 0 saturated heterocycles. The van der Waals surface area contributed by atoms with E-state index in [2.05, 4.69) is 5.32 Å². The Bertz CT molecular complexity index is 308. The highest BCUT2D eigenvalue weighted by atomic mass is 35.5. The molecule has 0 aromatic carbocycles. The third-order valence-corrected chi connectivity index (χ3v) is 2.36. The maximum Gasteiger partial charge on any atom is 0.324 e. The minimum absolute atomic E-state index is 0.0408. The topological polar surface area (TPSA) is 69.7 Å². The predicted octanol–water partition coefficient (Wildman–Crippen LogP) is 0.652. The van der Waals surface area contributed by atoms with E-state index >= 15 is 0 Å². The van der Waals surface area contributed by atoms with Gasteiger partial charge in [0.2, 0.25) is 11.8 Å². The van der Waals surface area contributed by atoms with Crippen molar-refractivity contribution in [1.29, 1.82) is 0 Å². The highest BCUT2D eigenvalue weighted by molar-refractivity contribution is 6.19. The summed E-state index contributed by atoms with van der Waals surface area (Å²) in [6, 6.07) is -0.554. The molecule has 0 unspecified atom stereocenters. The van der Waals surface area contributed by atoms with Crippen LogP contribution in [0.15, 0.2) is 0 Å². The van der Waals surface area contributed by atoms with Gasteiger partial charge in [0, 0.05) is 32.9 Å². The van der Waals surface area contributed by atoms with Gasteiger partial charge < -0.3 is 9.80 Å². The minimum Gasteiger partial charge on any atom is -0.347 e. The summed E-state index contributed by atoms with van der Waals surface area (Å²) >= 11 is 5.40. The molecule has 4 amide bonds. The molecule has 18 heavy (non-hydrogen) atoms. The van der Waals surface area contributed by atoms with Gasteiger partial charge >= 0.3 is 6.03 Å². The van der Waals surface area contributed by atoms with Crippen LogP contribution in [0, 0.1) is 0 Å². The van der Waals surface area contributed by atoms with Gasteiger partial charge in [0.15, 0.2) is 0 Å². The van der Waals surface area contributed by atoms with E-state index in [-0.39, 0.29) is 24.8 Å². The zero-order valence-electron chi connectivity index (χ0n) is 11.0. The first-order valence-electron chi connectivity index (χ1n) is 5.77. The molecule has 6 nitrogen and oxygen atoms in total. The molecule has 0 rings (SSSR count). The average Bonchev–Trinajstić information content (AvgIpc) is 2.28. The van der Waals surface area contributed by atoms with Crippen LogP contribution in [0.2, 0.25) is 0 Å². The van der Waals surface area contributed by atoms with Gasteiger partial charge in [0.1, 0.15) is 6.54 Å². The molecule has 0 aliphatic rings. The predicted molar refractivity (Wildman–Crippen MR) is 69.4 cm³/mol. The molecule has 0 radical (unpaired) electrons. The lowest BCUT2D eigenvalue weighted by Crippen LogP contribution is -2.47. The summed E-state index contributed by atoms with van der Waals surface area (Å²) in [5, 5.41) is 2.20. The largest absolute Gasteiger partial charge is 0.347 e. The summed E-state index contributed by atoms with van der Waals surface area (Å²) in [7, 11) is 3.23. The SMILES string of the molecule is CCCN(CC(=O)N(C)C)C(=O)NC(=O)CCCl. The second-order valence-electron chi connectivity index (χ2n) is 4.00. The van der Waals surface area contributed by atoms with Crippen LogP contribution < -0.4 is 5.32 Å². The van der Waals surface area contributed by atoms with E-state index in [4.69, 9.17) is 11.6 Å². The number of nitrogens with zero attached hydrogens (tertiary/aromatic N) is 2. The number of alkyl halides is 1. The number of imide groups is 1. The number of hydrogen-bond donors (Lipinski definition) is 1. The fourth-order valence-corrected chi connectivity index (χ4v) is 1.35. The second-order valence-corrected chi connectivity index (χ2v) is 4.38. The van der Waals surface area contributed by atoms with Crippen molar-refractivity contribution in [1.82, 2.24) is 15.1 Å². The standard InChI is InChI=1S/C11H20ClN3O3/c1-4-7-15(8-10(17)14(2)3)11(18)13-9(16)5-6-12/h4-8H2,1-3H3,(H,13,16,18). The van der Waals surface area contributed by atoms with E-state index in [9.17, 15) is 14.4 Å². The van der Waals surface area contributed by atoms with Crippen molar-refractivity contribution in [3.05, 3.63) is 0 Å². The molecule has 0 aromatic rings. The Morgan fingerprint density at radius 3 is 2.28 bits per heavy atom. The Hall–Kier alpha value is -1.30. The van der Waals surface area contributed by atoms with Crippen LogP contribution in [0.25, 0.3) is 0 Å². The maximum atomic E-state index is 11.8. The van der Waals surface area contributed by atoms with Crippen molar-refractivity contribution >= 4 is 29.4 Å². The number of carbonyl (C=O) groups is 3.